The molecule has 0 radical (unpaired) electrons. The van der Waals surface area contributed by atoms with Crippen LogP contribution in [0.1, 0.15) is 28.3 Å². The minimum Gasteiger partial charge on any atom is -0.461 e. The smallest absolute Gasteiger partial charge is 0.440 e. The van der Waals surface area contributed by atoms with E-state index in [1.165, 1.54) is 5.56 Å². The Morgan fingerprint density at radius 3 is 2.55 bits per heavy atom. The second kappa shape index (κ2) is 7.32. The van der Waals surface area contributed by atoms with E-state index in [1.807, 2.05) is 62.4 Å². The molecule has 0 aliphatic rings. The topological polar surface area (TPSA) is 107 Å². The maximum atomic E-state index is 11.6. The Kier molecular flexibility index (Phi) is 4.47. The molecule has 0 saturated carbocycles. The van der Waals surface area contributed by atoms with Gasteiger partial charge < -0.3 is 13.4 Å². The maximum absolute atomic E-state index is 11.6. The predicted octanol–water partition coefficient (Wildman–Crippen LogP) is 3.79. The number of fused-ring (bicyclic) bond motifs is 1. The molecule has 0 atom stereocenters. The van der Waals surface area contributed by atoms with E-state index >= 15 is 0 Å². The third kappa shape index (κ3) is 3.75. The number of aromatic amines is 1. The molecule has 5 aromatic rings. The molecular weight excluding hydrogens is 398 g/mol. The molecule has 0 aliphatic heterocycles. The van der Waals surface area contributed by atoms with Crippen LogP contribution in [0.3, 0.4) is 0 Å². The lowest BCUT2D eigenvalue weighted by molar-refractivity contribution is 0.258. The Hall–Kier alpha value is -4.07. The number of hydrogen-bond donors (Lipinski definition) is 1. The number of nitrogens with zero attached hydrogens (tertiary/aromatic N) is 2. The van der Waals surface area contributed by atoms with Crippen LogP contribution in [0, 0.1) is 13.8 Å². The molecule has 2 aromatic carbocycles. The van der Waals surface area contributed by atoms with Gasteiger partial charge in [0.2, 0.25) is 5.89 Å². The van der Waals surface area contributed by atoms with Crippen molar-refractivity contribution in [3.8, 4) is 11.5 Å². The van der Waals surface area contributed by atoms with Gasteiger partial charge in [0.05, 0.1) is 18.7 Å². The first kappa shape index (κ1) is 18.9. The lowest BCUT2D eigenvalue weighted by atomic mass is 10.1. The van der Waals surface area contributed by atoms with E-state index in [1.54, 1.807) is 0 Å². The highest BCUT2D eigenvalue weighted by molar-refractivity contribution is 5.78. The van der Waals surface area contributed by atoms with Crippen LogP contribution in [-0.2, 0) is 13.0 Å². The largest absolute Gasteiger partial charge is 0.461 e. The van der Waals surface area contributed by atoms with Gasteiger partial charge in [-0.05, 0) is 49.7 Å². The van der Waals surface area contributed by atoms with Crippen LogP contribution in [0.4, 0.5) is 0 Å². The van der Waals surface area contributed by atoms with E-state index in [0.29, 0.717) is 12.3 Å². The summed E-state index contributed by atoms with van der Waals surface area (Å²) < 4.78 is 17.6. The van der Waals surface area contributed by atoms with Crippen molar-refractivity contribution in [2.75, 3.05) is 0 Å². The molecule has 156 valence electrons. The summed E-state index contributed by atoms with van der Waals surface area (Å²) in [6.07, 6.45) is 0.497. The summed E-state index contributed by atoms with van der Waals surface area (Å²) in [5.41, 5.74) is 3.88. The third-order valence-electron chi connectivity index (χ3n) is 5.12. The average Bonchev–Trinajstić information content (AvgIpc) is 3.39. The summed E-state index contributed by atoms with van der Waals surface area (Å²) in [6.45, 7) is 4.08. The van der Waals surface area contributed by atoms with Crippen molar-refractivity contribution in [1.82, 2.24) is 14.7 Å². The number of hydrogen-bond acceptors (Lipinski definition) is 6. The van der Waals surface area contributed by atoms with Crippen LogP contribution >= 0.6 is 0 Å². The average molecular weight is 417 g/mol. The van der Waals surface area contributed by atoms with Crippen LogP contribution in [0.5, 0.6) is 0 Å². The van der Waals surface area contributed by atoms with Crippen molar-refractivity contribution in [2.24, 2.45) is 0 Å². The molecule has 0 bridgehead atoms. The fourth-order valence-electron chi connectivity index (χ4n) is 3.49. The number of rotatable bonds is 5. The maximum Gasteiger partial charge on any atom is 0.440 e. The van der Waals surface area contributed by atoms with E-state index in [9.17, 15) is 9.59 Å². The normalized spacial score (nSPS) is 11.4. The molecule has 5 rings (SSSR count). The van der Waals surface area contributed by atoms with E-state index in [2.05, 4.69) is 9.97 Å². The number of H-pyrrole nitrogens is 1. The lowest BCUT2D eigenvalue weighted by Crippen LogP contribution is -2.17. The number of oxazole rings is 1. The second-order valence-electron chi connectivity index (χ2n) is 7.50. The van der Waals surface area contributed by atoms with Crippen molar-refractivity contribution < 1.29 is 13.4 Å². The van der Waals surface area contributed by atoms with Crippen LogP contribution in [0.2, 0.25) is 0 Å². The second-order valence-corrected chi connectivity index (χ2v) is 7.50. The SMILES string of the molecule is Cc1ccc(-c2nc(Cc3cc4cc(Cn5oc(=O)[nH]c5=O)ccc4o3)c(C)o2)cc1. The van der Waals surface area contributed by atoms with E-state index in [0.717, 1.165) is 44.1 Å². The summed E-state index contributed by atoms with van der Waals surface area (Å²) in [7, 11) is 0. The van der Waals surface area contributed by atoms with Crippen molar-refractivity contribution >= 4 is 11.0 Å². The zero-order valence-corrected chi connectivity index (χ0v) is 17.0. The number of benzene rings is 2. The van der Waals surface area contributed by atoms with Crippen LogP contribution < -0.4 is 11.4 Å². The molecule has 8 heteroatoms. The molecule has 3 heterocycles. The van der Waals surface area contributed by atoms with Crippen molar-refractivity contribution in [2.45, 2.75) is 26.8 Å². The van der Waals surface area contributed by atoms with Gasteiger partial charge in [-0.1, -0.05) is 23.8 Å². The van der Waals surface area contributed by atoms with E-state index in [4.69, 9.17) is 13.4 Å². The summed E-state index contributed by atoms with van der Waals surface area (Å²) in [6, 6.07) is 15.5. The monoisotopic (exact) mass is 417 g/mol. The quantitative estimate of drug-likeness (QED) is 0.466. The lowest BCUT2D eigenvalue weighted by Gasteiger charge is -1.99. The summed E-state index contributed by atoms with van der Waals surface area (Å²) in [5, 5.41) is 0.887. The molecule has 3 aromatic heterocycles. The fraction of sp³-hybridized carbons (Fsp3) is 0.174. The molecule has 0 aliphatic carbocycles. The number of aryl methyl sites for hydroxylation is 2. The fourth-order valence-corrected chi connectivity index (χ4v) is 3.49. The van der Waals surface area contributed by atoms with Crippen molar-refractivity contribution in [3.05, 3.63) is 97.9 Å². The molecule has 0 spiro atoms. The van der Waals surface area contributed by atoms with Gasteiger partial charge in [-0.2, -0.15) is 0 Å². The molecule has 1 N–H and O–H groups in total. The molecule has 31 heavy (non-hydrogen) atoms. The summed E-state index contributed by atoms with van der Waals surface area (Å²) in [5.74, 6) is 1.32. The Morgan fingerprint density at radius 2 is 1.81 bits per heavy atom. The Morgan fingerprint density at radius 1 is 1.00 bits per heavy atom. The van der Waals surface area contributed by atoms with Gasteiger partial charge in [0.15, 0.2) is 0 Å². The molecule has 8 nitrogen and oxygen atoms in total. The molecule has 0 saturated heterocycles. The minimum absolute atomic E-state index is 0.149. The van der Waals surface area contributed by atoms with Crippen LogP contribution in [0.15, 0.2) is 71.5 Å². The Balaban J connectivity index is 1.40. The summed E-state index contributed by atoms with van der Waals surface area (Å²) in [4.78, 5) is 29.5. The van der Waals surface area contributed by atoms with E-state index < -0.39 is 11.4 Å². The first-order valence-corrected chi connectivity index (χ1v) is 9.80. The molecular formula is C23H19N3O5. The highest BCUT2D eigenvalue weighted by atomic mass is 16.5. The third-order valence-corrected chi connectivity index (χ3v) is 5.12. The minimum atomic E-state index is -0.773. The van der Waals surface area contributed by atoms with E-state index in [-0.39, 0.29) is 6.54 Å². The highest BCUT2D eigenvalue weighted by Gasteiger charge is 2.15. The van der Waals surface area contributed by atoms with Crippen molar-refractivity contribution in [3.63, 3.8) is 0 Å². The number of aromatic nitrogens is 3. The van der Waals surface area contributed by atoms with Gasteiger partial charge in [-0.25, -0.2) is 19.6 Å². The zero-order valence-electron chi connectivity index (χ0n) is 17.0. The van der Waals surface area contributed by atoms with Gasteiger partial charge in [0.25, 0.3) is 0 Å². The van der Waals surface area contributed by atoms with Gasteiger partial charge in [-0.15, -0.1) is 4.74 Å². The molecule has 0 fully saturated rings. The van der Waals surface area contributed by atoms with Gasteiger partial charge >= 0.3 is 11.4 Å². The van der Waals surface area contributed by atoms with Gasteiger partial charge in [0.1, 0.15) is 17.1 Å². The van der Waals surface area contributed by atoms with Gasteiger partial charge in [0, 0.05) is 10.9 Å². The molecule has 0 amide bonds. The van der Waals surface area contributed by atoms with Gasteiger partial charge in [-0.3, -0.25) is 0 Å². The number of nitrogens with one attached hydrogen (secondary N) is 1. The first-order valence-electron chi connectivity index (χ1n) is 9.80. The van der Waals surface area contributed by atoms with Crippen molar-refractivity contribution in [1.29, 1.82) is 0 Å². The summed E-state index contributed by atoms with van der Waals surface area (Å²) >= 11 is 0. The standard InChI is InChI=1S/C23H19N3O5/c1-13-3-6-16(7-4-13)21-24-19(14(2)29-21)11-18-10-17-9-15(5-8-20(17)30-18)12-26-22(27)25-23(28)31-26/h3-10H,11-12H2,1-2H3,(H,25,27,28). The zero-order chi connectivity index (χ0) is 21.5. The Bertz CT molecular complexity index is 1490. The van der Waals surface area contributed by atoms with Crippen LogP contribution in [0.25, 0.3) is 22.4 Å². The molecule has 0 unspecified atom stereocenters. The first-order chi connectivity index (χ1) is 14.9. The number of furan rings is 1. The Labute approximate surface area is 175 Å². The highest BCUT2D eigenvalue weighted by Crippen LogP contribution is 2.26. The van der Waals surface area contributed by atoms with Crippen LogP contribution in [-0.4, -0.2) is 14.7 Å². The predicted molar refractivity (Wildman–Crippen MR) is 113 cm³/mol.